The topological polar surface area (TPSA) is 66.9 Å². The van der Waals surface area contributed by atoms with Crippen LogP contribution in [-0.4, -0.2) is 22.4 Å². The highest BCUT2D eigenvalue weighted by Gasteiger charge is 2.11. The molecular weight excluding hydrogens is 367 g/mol. The molecule has 2 N–H and O–H groups in total. The molecule has 0 aliphatic rings. The van der Waals surface area contributed by atoms with Crippen LogP contribution in [0.1, 0.15) is 47.1 Å². The number of nitrogens with one attached hydrogen (secondary N) is 2. The first-order chi connectivity index (χ1) is 13.9. The van der Waals surface area contributed by atoms with Gasteiger partial charge in [-0.15, -0.1) is 0 Å². The molecule has 1 amide bonds. The van der Waals surface area contributed by atoms with Crippen LogP contribution in [0.3, 0.4) is 0 Å². The summed E-state index contributed by atoms with van der Waals surface area (Å²) in [5.41, 5.74) is 4.07. The first kappa shape index (κ1) is 20.5. The number of anilines is 2. The van der Waals surface area contributed by atoms with Crippen LogP contribution in [0.15, 0.2) is 54.6 Å². The van der Waals surface area contributed by atoms with E-state index in [0.29, 0.717) is 36.2 Å². The molecule has 0 radical (unpaired) electrons. The number of nitrogens with zero attached hydrogens (tertiary/aromatic N) is 2. The Hall–Kier alpha value is -3.28. The summed E-state index contributed by atoms with van der Waals surface area (Å²) in [6, 6.07) is 16.0. The second-order valence-electron chi connectivity index (χ2n) is 7.25. The molecule has 0 fully saturated rings. The second kappa shape index (κ2) is 9.28. The molecule has 1 heterocycles. The number of benzene rings is 2. The monoisotopic (exact) mass is 392 g/mol. The highest BCUT2D eigenvalue weighted by molar-refractivity contribution is 5.92. The van der Waals surface area contributed by atoms with Gasteiger partial charge in [-0.1, -0.05) is 38.1 Å². The summed E-state index contributed by atoms with van der Waals surface area (Å²) in [5.74, 6) is 0.305. The second-order valence-corrected chi connectivity index (χ2v) is 7.25. The Balaban J connectivity index is 1.62. The minimum absolute atomic E-state index is 0.268. The van der Waals surface area contributed by atoms with Gasteiger partial charge in [-0.25, -0.2) is 14.4 Å². The van der Waals surface area contributed by atoms with Crippen molar-refractivity contribution in [2.24, 2.45) is 0 Å². The van der Waals surface area contributed by atoms with E-state index < -0.39 is 0 Å². The molecule has 0 aliphatic carbocycles. The molecule has 3 rings (SSSR count). The molecule has 6 heteroatoms. The third-order valence-corrected chi connectivity index (χ3v) is 4.53. The lowest BCUT2D eigenvalue weighted by Crippen LogP contribution is -2.27. The van der Waals surface area contributed by atoms with Gasteiger partial charge in [0, 0.05) is 17.9 Å². The maximum atomic E-state index is 13.0. The summed E-state index contributed by atoms with van der Waals surface area (Å²) in [6.45, 7) is 6.55. The molecule has 0 saturated carbocycles. The lowest BCUT2D eigenvalue weighted by Gasteiger charge is -2.10. The van der Waals surface area contributed by atoms with Gasteiger partial charge >= 0.3 is 0 Å². The summed E-state index contributed by atoms with van der Waals surface area (Å²) >= 11 is 0. The minimum Gasteiger partial charge on any atom is -0.350 e. The smallest absolute Gasteiger partial charge is 0.270 e. The molecule has 0 atom stereocenters. The highest BCUT2D eigenvalue weighted by Crippen LogP contribution is 2.19. The van der Waals surface area contributed by atoms with E-state index in [1.165, 1.54) is 17.7 Å². The van der Waals surface area contributed by atoms with E-state index in [0.717, 1.165) is 11.3 Å². The highest BCUT2D eigenvalue weighted by atomic mass is 19.1. The van der Waals surface area contributed by atoms with Gasteiger partial charge in [0.1, 0.15) is 11.5 Å². The first-order valence-corrected chi connectivity index (χ1v) is 9.66. The van der Waals surface area contributed by atoms with Crippen molar-refractivity contribution in [3.63, 3.8) is 0 Å². The van der Waals surface area contributed by atoms with Gasteiger partial charge in [0.05, 0.1) is 0 Å². The van der Waals surface area contributed by atoms with Crippen molar-refractivity contribution in [2.75, 3.05) is 11.9 Å². The quantitative estimate of drug-likeness (QED) is 0.608. The summed E-state index contributed by atoms with van der Waals surface area (Å²) < 4.78 is 13.0. The van der Waals surface area contributed by atoms with Crippen LogP contribution in [0.5, 0.6) is 0 Å². The summed E-state index contributed by atoms with van der Waals surface area (Å²) in [7, 11) is 0. The minimum atomic E-state index is -0.270. The van der Waals surface area contributed by atoms with Crippen molar-refractivity contribution < 1.29 is 9.18 Å². The van der Waals surface area contributed by atoms with E-state index >= 15 is 0 Å². The van der Waals surface area contributed by atoms with Crippen molar-refractivity contribution in [1.29, 1.82) is 0 Å². The normalized spacial score (nSPS) is 10.8. The maximum Gasteiger partial charge on any atom is 0.270 e. The van der Waals surface area contributed by atoms with Crippen LogP contribution in [0.25, 0.3) is 0 Å². The largest absolute Gasteiger partial charge is 0.350 e. The van der Waals surface area contributed by atoms with Gasteiger partial charge in [0.15, 0.2) is 0 Å². The van der Waals surface area contributed by atoms with Crippen molar-refractivity contribution in [1.82, 2.24) is 15.3 Å². The Morgan fingerprint density at radius 1 is 1.03 bits per heavy atom. The Morgan fingerprint density at radius 2 is 1.72 bits per heavy atom. The van der Waals surface area contributed by atoms with Gasteiger partial charge in [-0.2, -0.15) is 0 Å². The molecule has 0 aliphatic heterocycles. The van der Waals surface area contributed by atoms with Crippen LogP contribution in [0.2, 0.25) is 0 Å². The van der Waals surface area contributed by atoms with Crippen LogP contribution >= 0.6 is 0 Å². The third-order valence-electron chi connectivity index (χ3n) is 4.53. The number of carbonyl (C=O) groups excluding carboxylic acids is 1. The van der Waals surface area contributed by atoms with Crippen LogP contribution < -0.4 is 10.6 Å². The van der Waals surface area contributed by atoms with Gasteiger partial charge in [-0.3, -0.25) is 4.79 Å². The van der Waals surface area contributed by atoms with Gasteiger partial charge < -0.3 is 10.6 Å². The molecular formula is C23H25FN4O. The molecule has 0 bridgehead atoms. The first-order valence-electron chi connectivity index (χ1n) is 9.66. The zero-order chi connectivity index (χ0) is 20.8. The van der Waals surface area contributed by atoms with Crippen molar-refractivity contribution in [3.8, 4) is 0 Å². The molecule has 2 aromatic carbocycles. The van der Waals surface area contributed by atoms with E-state index in [9.17, 15) is 9.18 Å². The van der Waals surface area contributed by atoms with E-state index in [2.05, 4.69) is 46.6 Å². The maximum absolute atomic E-state index is 13.0. The fourth-order valence-electron chi connectivity index (χ4n) is 2.88. The number of hydrogen-bond donors (Lipinski definition) is 2. The summed E-state index contributed by atoms with van der Waals surface area (Å²) in [6.07, 6.45) is 0.614. The van der Waals surface area contributed by atoms with Gasteiger partial charge in [-0.05, 0) is 60.7 Å². The molecule has 3 aromatic rings. The lowest BCUT2D eigenvalue weighted by molar-refractivity contribution is 0.0949. The van der Waals surface area contributed by atoms with E-state index in [-0.39, 0.29) is 11.7 Å². The Bertz CT molecular complexity index is 969. The number of amides is 1. The molecule has 29 heavy (non-hydrogen) atoms. The average Bonchev–Trinajstić information content (AvgIpc) is 2.69. The standard InChI is InChI=1S/C23H25FN4O/c1-15(2)18-6-10-20(11-7-18)27-23-26-16(3)14-21(28-23)22(29)25-13-12-17-4-8-19(24)9-5-17/h4-11,14-15H,12-13H2,1-3H3,(H,25,29)(H,26,27,28). The molecule has 0 unspecified atom stereocenters. The lowest BCUT2D eigenvalue weighted by atomic mass is 10.0. The van der Waals surface area contributed by atoms with Crippen molar-refractivity contribution >= 4 is 17.5 Å². The van der Waals surface area contributed by atoms with Crippen LogP contribution in [0.4, 0.5) is 16.0 Å². The number of hydrogen-bond acceptors (Lipinski definition) is 4. The molecule has 1 aromatic heterocycles. The Morgan fingerprint density at radius 3 is 2.38 bits per heavy atom. The fraction of sp³-hybridized carbons (Fsp3) is 0.261. The van der Waals surface area contributed by atoms with Crippen molar-refractivity contribution in [2.45, 2.75) is 33.1 Å². The zero-order valence-electron chi connectivity index (χ0n) is 16.9. The van der Waals surface area contributed by atoms with E-state index in [4.69, 9.17) is 0 Å². The zero-order valence-corrected chi connectivity index (χ0v) is 16.9. The van der Waals surface area contributed by atoms with Crippen LogP contribution in [-0.2, 0) is 6.42 Å². The van der Waals surface area contributed by atoms with Crippen molar-refractivity contribution in [3.05, 3.63) is 82.9 Å². The number of aryl methyl sites for hydroxylation is 1. The summed E-state index contributed by atoms with van der Waals surface area (Å²) in [5, 5.41) is 6.01. The predicted molar refractivity (Wildman–Crippen MR) is 113 cm³/mol. The molecule has 0 spiro atoms. The number of halogens is 1. The number of rotatable bonds is 7. The van der Waals surface area contributed by atoms with E-state index in [1.54, 1.807) is 18.2 Å². The number of aromatic nitrogens is 2. The number of carbonyl (C=O) groups is 1. The average molecular weight is 392 g/mol. The molecule has 0 saturated heterocycles. The molecule has 5 nitrogen and oxygen atoms in total. The van der Waals surface area contributed by atoms with E-state index in [1.807, 2.05) is 19.1 Å². The SMILES string of the molecule is Cc1cc(C(=O)NCCc2ccc(F)cc2)nc(Nc2ccc(C(C)C)cc2)n1. The third kappa shape index (κ3) is 5.85. The fourth-order valence-corrected chi connectivity index (χ4v) is 2.88. The van der Waals surface area contributed by atoms with Gasteiger partial charge in [0.25, 0.3) is 5.91 Å². The van der Waals surface area contributed by atoms with Crippen LogP contribution in [0, 0.1) is 12.7 Å². The Kier molecular flexibility index (Phi) is 6.54. The van der Waals surface area contributed by atoms with Gasteiger partial charge in [0.2, 0.25) is 5.95 Å². The Labute approximate surface area is 170 Å². The summed E-state index contributed by atoms with van der Waals surface area (Å²) in [4.78, 5) is 21.2. The molecule has 150 valence electrons. The predicted octanol–water partition coefficient (Wildman–Crippen LogP) is 4.76.